The molecule has 0 aliphatic carbocycles. The van der Waals surface area contributed by atoms with Gasteiger partial charge in [-0.05, 0) is 5.56 Å². The van der Waals surface area contributed by atoms with Crippen molar-refractivity contribution >= 4 is 12.6 Å². The topological polar surface area (TPSA) is 58.9 Å². The second-order valence-electron chi connectivity index (χ2n) is 3.90. The molecule has 0 bridgehead atoms. The van der Waals surface area contributed by atoms with Crippen molar-refractivity contribution in [3.05, 3.63) is 35.4 Å². The minimum absolute atomic E-state index is 0.196. The van der Waals surface area contributed by atoms with E-state index < -0.39 is 18.5 Å². The first-order chi connectivity index (χ1) is 8.24. The molecule has 2 unspecified atom stereocenters. The fraction of sp³-hybridized carbons (Fsp3) is 0.500. The van der Waals surface area contributed by atoms with Gasteiger partial charge in [-0.25, -0.2) is 0 Å². The summed E-state index contributed by atoms with van der Waals surface area (Å²) < 4.78 is 10.8. The van der Waals surface area contributed by atoms with Crippen molar-refractivity contribution in [3.8, 4) is 0 Å². The van der Waals surface area contributed by atoms with E-state index in [-0.39, 0.29) is 5.75 Å². The van der Waals surface area contributed by atoms with Crippen LogP contribution < -0.4 is 0 Å². The molecule has 0 radical (unpaired) electrons. The molecule has 1 heterocycles. The van der Waals surface area contributed by atoms with Crippen LogP contribution >= 0.6 is 12.6 Å². The molecule has 1 aromatic carbocycles. The Morgan fingerprint density at radius 3 is 2.53 bits per heavy atom. The van der Waals surface area contributed by atoms with Gasteiger partial charge in [0.1, 0.15) is 6.10 Å². The van der Waals surface area contributed by atoms with Crippen molar-refractivity contribution in [3.63, 3.8) is 0 Å². The summed E-state index contributed by atoms with van der Waals surface area (Å²) in [5.41, 5.74) is 1.39. The number of benzene rings is 1. The summed E-state index contributed by atoms with van der Waals surface area (Å²) in [6.07, 6.45) is -2.33. The fourth-order valence-electron chi connectivity index (χ4n) is 1.84. The number of thiol groups is 1. The van der Waals surface area contributed by atoms with Gasteiger partial charge in [0.2, 0.25) is 0 Å². The highest BCUT2D eigenvalue weighted by molar-refractivity contribution is 7.80. The average molecular weight is 256 g/mol. The lowest BCUT2D eigenvalue weighted by Crippen LogP contribution is -2.21. The lowest BCUT2D eigenvalue weighted by Gasteiger charge is -2.21. The Labute approximate surface area is 106 Å². The lowest BCUT2D eigenvalue weighted by atomic mass is 9.99. The molecule has 2 atom stereocenters. The number of hydrogen-bond donors (Lipinski definition) is 3. The third kappa shape index (κ3) is 2.81. The molecule has 4 nitrogen and oxygen atoms in total. The van der Waals surface area contributed by atoms with Gasteiger partial charge in [0.05, 0.1) is 19.3 Å². The Morgan fingerprint density at radius 2 is 1.88 bits per heavy atom. The third-order valence-corrected chi connectivity index (χ3v) is 3.12. The minimum Gasteiger partial charge on any atom is -0.389 e. The van der Waals surface area contributed by atoms with E-state index in [1.165, 1.54) is 0 Å². The van der Waals surface area contributed by atoms with Crippen LogP contribution in [-0.2, 0) is 9.47 Å². The Balaban J connectivity index is 2.26. The summed E-state index contributed by atoms with van der Waals surface area (Å²) in [6, 6.07) is 7.25. The van der Waals surface area contributed by atoms with E-state index in [2.05, 4.69) is 12.6 Å². The number of rotatable bonds is 4. The maximum Gasteiger partial charge on any atom is 0.184 e. The number of hydrogen-bond acceptors (Lipinski definition) is 5. The molecular formula is C12H16O4S. The fourth-order valence-corrected chi connectivity index (χ4v) is 2.04. The van der Waals surface area contributed by atoms with E-state index in [1.807, 2.05) is 18.2 Å². The molecule has 1 fully saturated rings. The summed E-state index contributed by atoms with van der Waals surface area (Å²) in [4.78, 5) is 0. The highest BCUT2D eigenvalue weighted by Crippen LogP contribution is 2.31. The third-order valence-electron chi connectivity index (χ3n) is 2.74. The van der Waals surface area contributed by atoms with Crippen molar-refractivity contribution in [2.75, 3.05) is 19.0 Å². The van der Waals surface area contributed by atoms with Crippen LogP contribution in [-0.4, -0.2) is 35.3 Å². The van der Waals surface area contributed by atoms with Crippen LogP contribution in [0.25, 0.3) is 0 Å². The first-order valence-electron chi connectivity index (χ1n) is 5.53. The van der Waals surface area contributed by atoms with E-state index in [1.54, 1.807) is 6.07 Å². The van der Waals surface area contributed by atoms with Gasteiger partial charge in [-0.1, -0.05) is 24.3 Å². The van der Waals surface area contributed by atoms with Crippen molar-refractivity contribution in [1.29, 1.82) is 0 Å². The van der Waals surface area contributed by atoms with E-state index in [4.69, 9.17) is 9.47 Å². The molecular weight excluding hydrogens is 240 g/mol. The van der Waals surface area contributed by atoms with Gasteiger partial charge < -0.3 is 19.7 Å². The predicted molar refractivity (Wildman–Crippen MR) is 65.9 cm³/mol. The number of aliphatic hydroxyl groups is 2. The van der Waals surface area contributed by atoms with Gasteiger partial charge in [-0.2, -0.15) is 12.6 Å². The molecule has 1 aliphatic rings. The molecule has 5 heteroatoms. The number of aliphatic hydroxyl groups excluding tert-OH is 2. The Kier molecular flexibility index (Phi) is 4.42. The second kappa shape index (κ2) is 5.84. The smallest absolute Gasteiger partial charge is 0.184 e. The molecule has 94 valence electrons. The van der Waals surface area contributed by atoms with Crippen LogP contribution in [0, 0.1) is 0 Å². The number of ether oxygens (including phenoxy) is 2. The molecule has 2 N–H and O–H groups in total. The van der Waals surface area contributed by atoms with Crippen molar-refractivity contribution in [1.82, 2.24) is 0 Å². The van der Waals surface area contributed by atoms with E-state index in [9.17, 15) is 10.2 Å². The van der Waals surface area contributed by atoms with Crippen molar-refractivity contribution in [2.45, 2.75) is 18.5 Å². The quantitative estimate of drug-likeness (QED) is 0.705. The van der Waals surface area contributed by atoms with E-state index >= 15 is 0 Å². The first kappa shape index (κ1) is 12.9. The van der Waals surface area contributed by atoms with Gasteiger partial charge >= 0.3 is 0 Å². The van der Waals surface area contributed by atoms with Gasteiger partial charge in [0, 0.05) is 11.3 Å². The van der Waals surface area contributed by atoms with Gasteiger partial charge in [-0.15, -0.1) is 0 Å². The zero-order valence-corrected chi connectivity index (χ0v) is 10.2. The average Bonchev–Trinajstić information content (AvgIpc) is 2.90. The van der Waals surface area contributed by atoms with Crippen LogP contribution in [0.2, 0.25) is 0 Å². The normalized spacial score (nSPS) is 20.4. The molecule has 0 saturated carbocycles. The van der Waals surface area contributed by atoms with Gasteiger partial charge in [0.15, 0.2) is 6.29 Å². The molecule has 2 rings (SSSR count). The highest BCUT2D eigenvalue weighted by atomic mass is 32.1. The largest absolute Gasteiger partial charge is 0.389 e. The Morgan fingerprint density at radius 1 is 1.24 bits per heavy atom. The Bertz CT molecular complexity index is 365. The second-order valence-corrected chi connectivity index (χ2v) is 4.26. The molecule has 0 spiro atoms. The van der Waals surface area contributed by atoms with E-state index in [0.29, 0.717) is 18.8 Å². The van der Waals surface area contributed by atoms with Crippen LogP contribution in [0.3, 0.4) is 0 Å². The summed E-state index contributed by atoms with van der Waals surface area (Å²) in [7, 11) is 0. The van der Waals surface area contributed by atoms with E-state index in [0.717, 1.165) is 5.56 Å². The molecule has 1 saturated heterocycles. The molecule has 1 aromatic rings. The van der Waals surface area contributed by atoms with Crippen molar-refractivity contribution in [2.24, 2.45) is 0 Å². The highest BCUT2D eigenvalue weighted by Gasteiger charge is 2.26. The predicted octanol–water partition coefficient (Wildman–Crippen LogP) is 1.06. The van der Waals surface area contributed by atoms with Gasteiger partial charge in [0.25, 0.3) is 0 Å². The monoisotopic (exact) mass is 256 g/mol. The zero-order chi connectivity index (χ0) is 12.3. The minimum atomic E-state index is -0.975. The summed E-state index contributed by atoms with van der Waals surface area (Å²) in [5.74, 6) is 0.196. The lowest BCUT2D eigenvalue weighted by molar-refractivity contribution is -0.0479. The zero-order valence-electron chi connectivity index (χ0n) is 9.32. The van der Waals surface area contributed by atoms with Crippen LogP contribution in [0.4, 0.5) is 0 Å². The van der Waals surface area contributed by atoms with Crippen LogP contribution in [0.15, 0.2) is 24.3 Å². The molecule has 17 heavy (non-hydrogen) atoms. The van der Waals surface area contributed by atoms with Crippen LogP contribution in [0.5, 0.6) is 0 Å². The van der Waals surface area contributed by atoms with Crippen LogP contribution in [0.1, 0.15) is 23.5 Å². The molecule has 0 aromatic heterocycles. The maximum absolute atomic E-state index is 10.0. The summed E-state index contributed by atoms with van der Waals surface area (Å²) in [5, 5.41) is 19.7. The van der Waals surface area contributed by atoms with Crippen molar-refractivity contribution < 1.29 is 19.7 Å². The van der Waals surface area contributed by atoms with Gasteiger partial charge in [-0.3, -0.25) is 0 Å². The Hall–Kier alpha value is -0.590. The summed E-state index contributed by atoms with van der Waals surface area (Å²) >= 11 is 3.98. The molecule has 1 aliphatic heterocycles. The summed E-state index contributed by atoms with van der Waals surface area (Å²) in [6.45, 7) is 1.09. The molecule has 0 amide bonds. The SMILES string of the molecule is OC(CS)C(O)c1ccccc1C1OCCO1. The standard InChI is InChI=1S/C12H16O4S/c13-10(7-17)11(14)8-3-1-2-4-9(8)12-15-5-6-16-12/h1-4,10-14,17H,5-7H2. The maximum atomic E-state index is 10.0. The first-order valence-corrected chi connectivity index (χ1v) is 6.16.